The SMILES string of the molecule is Cc1cc(N)cc(F)c1NC(=O)OCCCC1CCN(c2nc3ccccc3s2)CC1. The average Bonchev–Trinajstić information content (AvgIpc) is 3.18. The van der Waals surface area contributed by atoms with E-state index in [0.29, 0.717) is 23.8 Å². The van der Waals surface area contributed by atoms with Gasteiger partial charge in [-0.1, -0.05) is 23.5 Å². The predicted molar refractivity (Wildman–Crippen MR) is 124 cm³/mol. The van der Waals surface area contributed by atoms with Gasteiger partial charge in [0.25, 0.3) is 0 Å². The van der Waals surface area contributed by atoms with E-state index < -0.39 is 11.9 Å². The molecule has 2 aromatic carbocycles. The van der Waals surface area contributed by atoms with Crippen molar-refractivity contribution in [3.8, 4) is 0 Å². The summed E-state index contributed by atoms with van der Waals surface area (Å²) in [5.74, 6) is 0.0587. The molecule has 6 nitrogen and oxygen atoms in total. The number of ether oxygens (including phenoxy) is 1. The highest BCUT2D eigenvalue weighted by molar-refractivity contribution is 7.22. The van der Waals surface area contributed by atoms with Crippen LogP contribution >= 0.6 is 11.3 Å². The zero-order chi connectivity index (χ0) is 21.8. The average molecular weight is 443 g/mol. The van der Waals surface area contributed by atoms with Crippen LogP contribution in [0.1, 0.15) is 31.2 Å². The second-order valence-corrected chi connectivity index (χ2v) is 9.00. The van der Waals surface area contributed by atoms with Crippen molar-refractivity contribution in [3.63, 3.8) is 0 Å². The molecule has 0 spiro atoms. The quantitative estimate of drug-likeness (QED) is 0.385. The van der Waals surface area contributed by atoms with Crippen LogP contribution in [-0.2, 0) is 4.74 Å². The maximum atomic E-state index is 14.0. The van der Waals surface area contributed by atoms with E-state index >= 15 is 0 Å². The number of anilines is 3. The molecule has 2 heterocycles. The number of aromatic nitrogens is 1. The Kier molecular flexibility index (Phi) is 6.56. The summed E-state index contributed by atoms with van der Waals surface area (Å²) in [5, 5.41) is 3.58. The van der Waals surface area contributed by atoms with Crippen molar-refractivity contribution in [2.75, 3.05) is 35.6 Å². The minimum absolute atomic E-state index is 0.112. The van der Waals surface area contributed by atoms with Crippen LogP contribution in [-0.4, -0.2) is 30.8 Å². The van der Waals surface area contributed by atoms with Crippen LogP contribution in [0.25, 0.3) is 10.2 Å². The van der Waals surface area contributed by atoms with Crippen molar-refractivity contribution in [1.29, 1.82) is 0 Å². The Labute approximate surface area is 185 Å². The molecule has 0 atom stereocenters. The van der Waals surface area contributed by atoms with Crippen molar-refractivity contribution in [2.45, 2.75) is 32.6 Å². The lowest BCUT2D eigenvalue weighted by Crippen LogP contribution is -2.33. The summed E-state index contributed by atoms with van der Waals surface area (Å²) in [6.45, 7) is 4.01. The van der Waals surface area contributed by atoms with Gasteiger partial charge in [0.05, 0.1) is 22.5 Å². The maximum absolute atomic E-state index is 14.0. The zero-order valence-electron chi connectivity index (χ0n) is 17.6. The second kappa shape index (κ2) is 9.51. The maximum Gasteiger partial charge on any atom is 0.411 e. The Morgan fingerprint density at radius 2 is 2.10 bits per heavy atom. The van der Waals surface area contributed by atoms with E-state index in [-0.39, 0.29) is 5.69 Å². The number of halogens is 1. The largest absolute Gasteiger partial charge is 0.449 e. The third-order valence-corrected chi connectivity index (χ3v) is 6.79. The highest BCUT2D eigenvalue weighted by atomic mass is 32.1. The van der Waals surface area contributed by atoms with Gasteiger partial charge in [-0.2, -0.15) is 0 Å². The molecular formula is C23H27FN4O2S. The molecule has 4 rings (SSSR count). The highest BCUT2D eigenvalue weighted by Gasteiger charge is 2.21. The number of aryl methyl sites for hydroxylation is 1. The molecule has 1 aromatic heterocycles. The van der Waals surface area contributed by atoms with Crippen LogP contribution in [0.3, 0.4) is 0 Å². The third kappa shape index (κ3) is 5.25. The fourth-order valence-corrected chi connectivity index (χ4v) is 5.03. The van der Waals surface area contributed by atoms with Gasteiger partial charge < -0.3 is 15.4 Å². The molecule has 8 heteroatoms. The number of nitrogens with two attached hydrogens (primary N) is 1. The van der Waals surface area contributed by atoms with Crippen molar-refractivity contribution in [3.05, 3.63) is 47.8 Å². The Hall–Kier alpha value is -2.87. The van der Waals surface area contributed by atoms with Gasteiger partial charge in [-0.15, -0.1) is 0 Å². The van der Waals surface area contributed by atoms with E-state index in [4.69, 9.17) is 15.5 Å². The Morgan fingerprint density at radius 1 is 1.32 bits per heavy atom. The van der Waals surface area contributed by atoms with Crippen LogP contribution in [0, 0.1) is 18.7 Å². The summed E-state index contributed by atoms with van der Waals surface area (Å²) >= 11 is 1.75. The molecule has 0 bridgehead atoms. The molecule has 1 amide bonds. The first-order valence-corrected chi connectivity index (χ1v) is 11.4. The Balaban J connectivity index is 1.17. The number of carbonyl (C=O) groups excluding carboxylic acids is 1. The summed E-state index contributed by atoms with van der Waals surface area (Å²) in [6, 6.07) is 11.0. The molecule has 0 saturated carbocycles. The first-order valence-electron chi connectivity index (χ1n) is 10.6. The molecule has 31 heavy (non-hydrogen) atoms. The molecule has 0 unspecified atom stereocenters. The molecular weight excluding hydrogens is 415 g/mol. The van der Waals surface area contributed by atoms with Crippen molar-refractivity contribution >= 4 is 44.2 Å². The smallest absolute Gasteiger partial charge is 0.411 e. The molecule has 1 saturated heterocycles. The van der Waals surface area contributed by atoms with Gasteiger partial charge in [0.2, 0.25) is 0 Å². The minimum atomic E-state index is -0.641. The van der Waals surface area contributed by atoms with Crippen molar-refractivity contribution < 1.29 is 13.9 Å². The number of benzene rings is 2. The number of carbonyl (C=O) groups is 1. The summed E-state index contributed by atoms with van der Waals surface area (Å²) in [4.78, 5) is 19.1. The van der Waals surface area contributed by atoms with Crippen molar-refractivity contribution in [2.24, 2.45) is 5.92 Å². The van der Waals surface area contributed by atoms with Crippen LogP contribution < -0.4 is 16.0 Å². The standard InChI is InChI=1S/C23H27FN4O2S/c1-15-13-17(25)14-18(24)21(15)27-23(29)30-12-4-5-16-8-10-28(11-9-16)22-26-19-6-2-3-7-20(19)31-22/h2-3,6-7,13-14,16H,4-5,8-12,25H2,1H3,(H,27,29). The van der Waals surface area contributed by atoms with E-state index in [1.807, 2.05) is 12.1 Å². The van der Waals surface area contributed by atoms with Crippen LogP contribution in [0.5, 0.6) is 0 Å². The van der Waals surface area contributed by atoms with Crippen LogP contribution in [0.4, 0.5) is 25.7 Å². The summed E-state index contributed by atoms with van der Waals surface area (Å²) in [6.07, 6.45) is 3.38. The summed E-state index contributed by atoms with van der Waals surface area (Å²) in [7, 11) is 0. The Bertz CT molecular complexity index is 1010. The molecule has 1 fully saturated rings. The van der Waals surface area contributed by atoms with E-state index in [0.717, 1.165) is 49.4 Å². The fraction of sp³-hybridized carbons (Fsp3) is 0.391. The number of thiazole rings is 1. The number of nitrogens with one attached hydrogen (secondary N) is 1. The molecule has 0 radical (unpaired) electrons. The number of fused-ring (bicyclic) bond motifs is 1. The normalized spacial score (nSPS) is 14.7. The van der Waals surface area contributed by atoms with E-state index in [1.165, 1.54) is 10.8 Å². The molecule has 1 aliphatic heterocycles. The van der Waals surface area contributed by atoms with Gasteiger partial charge in [0.15, 0.2) is 5.13 Å². The lowest BCUT2D eigenvalue weighted by atomic mass is 9.92. The number of rotatable bonds is 6. The topological polar surface area (TPSA) is 80.5 Å². The lowest BCUT2D eigenvalue weighted by Gasteiger charge is -2.31. The summed E-state index contributed by atoms with van der Waals surface area (Å²) < 4.78 is 20.4. The van der Waals surface area contributed by atoms with E-state index in [9.17, 15) is 9.18 Å². The number of nitrogen functional groups attached to an aromatic ring is 1. The van der Waals surface area contributed by atoms with Crippen molar-refractivity contribution in [1.82, 2.24) is 4.98 Å². The predicted octanol–water partition coefficient (Wildman–Crippen LogP) is 5.57. The van der Waals surface area contributed by atoms with E-state index in [1.54, 1.807) is 24.3 Å². The molecule has 3 aromatic rings. The third-order valence-electron chi connectivity index (χ3n) is 5.69. The number of amides is 1. The number of hydrogen-bond donors (Lipinski definition) is 2. The fourth-order valence-electron chi connectivity index (χ4n) is 4.01. The first kappa shape index (κ1) is 21.4. The molecule has 0 aliphatic carbocycles. The molecule has 164 valence electrons. The van der Waals surface area contributed by atoms with Gasteiger partial charge in [-0.25, -0.2) is 14.2 Å². The van der Waals surface area contributed by atoms with E-state index in [2.05, 4.69) is 22.3 Å². The number of para-hydroxylation sites is 1. The first-order chi connectivity index (χ1) is 15.0. The van der Waals surface area contributed by atoms with Gasteiger partial charge in [-0.05, 0) is 68.4 Å². The number of hydrogen-bond acceptors (Lipinski definition) is 6. The molecule has 1 aliphatic rings. The second-order valence-electron chi connectivity index (χ2n) is 7.99. The van der Waals surface area contributed by atoms with Crippen LogP contribution in [0.15, 0.2) is 36.4 Å². The van der Waals surface area contributed by atoms with Gasteiger partial charge >= 0.3 is 6.09 Å². The molecule has 3 N–H and O–H groups in total. The minimum Gasteiger partial charge on any atom is -0.449 e. The zero-order valence-corrected chi connectivity index (χ0v) is 18.4. The van der Waals surface area contributed by atoms with Gasteiger partial charge in [0.1, 0.15) is 5.82 Å². The number of nitrogens with zero attached hydrogens (tertiary/aromatic N) is 2. The van der Waals surface area contributed by atoms with Gasteiger partial charge in [0, 0.05) is 18.8 Å². The highest BCUT2D eigenvalue weighted by Crippen LogP contribution is 2.32. The summed E-state index contributed by atoms with van der Waals surface area (Å²) in [5.41, 5.74) is 7.66. The Morgan fingerprint density at radius 3 is 2.84 bits per heavy atom. The monoisotopic (exact) mass is 442 g/mol. The lowest BCUT2D eigenvalue weighted by molar-refractivity contribution is 0.156. The van der Waals surface area contributed by atoms with Gasteiger partial charge in [-0.3, -0.25) is 5.32 Å². The van der Waals surface area contributed by atoms with Crippen LogP contribution in [0.2, 0.25) is 0 Å². The number of piperidine rings is 1.